The van der Waals surface area contributed by atoms with Crippen LogP contribution in [-0.4, -0.2) is 24.3 Å². The maximum Gasteiger partial charge on any atom is 0.0574 e. The van der Waals surface area contributed by atoms with Gasteiger partial charge >= 0.3 is 0 Å². The normalized spacial score (nSPS) is 19.3. The molecule has 0 amide bonds. The lowest BCUT2D eigenvalue weighted by atomic mass is 9.90. The van der Waals surface area contributed by atoms with Gasteiger partial charge in [-0.2, -0.15) is 0 Å². The first-order valence-corrected chi connectivity index (χ1v) is 7.11. The van der Waals surface area contributed by atoms with Crippen molar-refractivity contribution in [2.24, 2.45) is 5.92 Å². The van der Waals surface area contributed by atoms with Crippen molar-refractivity contribution in [2.75, 3.05) is 18.0 Å². The van der Waals surface area contributed by atoms with Crippen molar-refractivity contribution in [3.63, 3.8) is 0 Å². The first-order valence-electron chi connectivity index (χ1n) is 7.11. The van der Waals surface area contributed by atoms with Gasteiger partial charge in [0.25, 0.3) is 0 Å². The van der Waals surface area contributed by atoms with Crippen molar-refractivity contribution in [3.8, 4) is 0 Å². The molecule has 1 aliphatic rings. The van der Waals surface area contributed by atoms with E-state index < -0.39 is 0 Å². The maximum atomic E-state index is 9.53. The zero-order valence-electron chi connectivity index (χ0n) is 11.8. The first-order chi connectivity index (χ1) is 8.58. The van der Waals surface area contributed by atoms with E-state index in [1.54, 1.807) is 0 Å². The molecule has 1 aromatic carbocycles. The lowest BCUT2D eigenvalue weighted by molar-refractivity contribution is 0.145. The third-order valence-electron chi connectivity index (χ3n) is 4.25. The monoisotopic (exact) mass is 247 g/mol. The lowest BCUT2D eigenvalue weighted by Gasteiger charge is -2.31. The molecule has 100 valence electrons. The number of anilines is 1. The number of piperidine rings is 1. The predicted octanol–water partition coefficient (Wildman–Crippen LogP) is 3.41. The van der Waals surface area contributed by atoms with Gasteiger partial charge in [-0.25, -0.2) is 0 Å². The van der Waals surface area contributed by atoms with E-state index in [1.807, 2.05) is 0 Å². The minimum Gasteiger partial charge on any atom is -0.393 e. The minimum absolute atomic E-state index is 0.0958. The molecule has 18 heavy (non-hydrogen) atoms. The summed E-state index contributed by atoms with van der Waals surface area (Å²) in [6.45, 7) is 8.77. The molecule has 1 aliphatic heterocycles. The molecule has 1 saturated heterocycles. The third kappa shape index (κ3) is 3.05. The van der Waals surface area contributed by atoms with Crippen LogP contribution in [0.1, 0.15) is 45.1 Å². The number of benzene rings is 1. The van der Waals surface area contributed by atoms with Crippen molar-refractivity contribution in [2.45, 2.75) is 45.6 Å². The molecule has 0 saturated carbocycles. The van der Waals surface area contributed by atoms with Gasteiger partial charge in [0, 0.05) is 18.8 Å². The number of nitrogens with zero attached hydrogens (tertiary/aromatic N) is 1. The van der Waals surface area contributed by atoms with Crippen molar-refractivity contribution in [1.29, 1.82) is 0 Å². The number of rotatable bonds is 3. The molecule has 2 heteroatoms. The van der Waals surface area contributed by atoms with Crippen LogP contribution >= 0.6 is 0 Å². The molecule has 0 aromatic heterocycles. The molecule has 1 aromatic rings. The summed E-state index contributed by atoms with van der Waals surface area (Å²) >= 11 is 0. The fraction of sp³-hybridized carbons (Fsp3) is 0.625. The zero-order valence-corrected chi connectivity index (χ0v) is 11.8. The van der Waals surface area contributed by atoms with Crippen molar-refractivity contribution in [1.82, 2.24) is 0 Å². The number of hydrogen-bond donors (Lipinski definition) is 1. The van der Waals surface area contributed by atoms with Gasteiger partial charge < -0.3 is 10.0 Å². The number of aliphatic hydroxyl groups is 1. The Bertz CT molecular complexity index is 363. The van der Waals surface area contributed by atoms with Crippen LogP contribution in [0.5, 0.6) is 0 Å². The maximum absolute atomic E-state index is 9.53. The van der Waals surface area contributed by atoms with Gasteiger partial charge in [-0.1, -0.05) is 32.9 Å². The number of hydrogen-bond acceptors (Lipinski definition) is 2. The fourth-order valence-corrected chi connectivity index (χ4v) is 2.50. The van der Waals surface area contributed by atoms with Crippen molar-refractivity contribution in [3.05, 3.63) is 29.8 Å². The molecule has 2 rings (SSSR count). The second-order valence-corrected chi connectivity index (χ2v) is 5.84. The minimum atomic E-state index is -0.0958. The fourth-order valence-electron chi connectivity index (χ4n) is 2.50. The molecule has 2 nitrogen and oxygen atoms in total. The van der Waals surface area contributed by atoms with E-state index in [1.165, 1.54) is 11.3 Å². The Hall–Kier alpha value is -1.02. The van der Waals surface area contributed by atoms with E-state index >= 15 is 0 Å². The summed E-state index contributed by atoms with van der Waals surface area (Å²) in [4.78, 5) is 2.37. The van der Waals surface area contributed by atoms with E-state index in [9.17, 15) is 5.11 Å². The second kappa shape index (κ2) is 5.75. The van der Waals surface area contributed by atoms with Crippen LogP contribution in [0.4, 0.5) is 5.69 Å². The molecule has 1 fully saturated rings. The van der Waals surface area contributed by atoms with Gasteiger partial charge in [0.05, 0.1) is 6.10 Å². The molecule has 0 radical (unpaired) electrons. The molecule has 1 atom stereocenters. The standard InChI is InChI=1S/C16H25NO/c1-12(2)13(3)14-4-6-15(7-5-14)17-10-8-16(18)9-11-17/h4-7,12-13,16,18H,8-11H2,1-3H3. The van der Waals surface area contributed by atoms with E-state index in [2.05, 4.69) is 49.9 Å². The summed E-state index contributed by atoms with van der Waals surface area (Å²) in [7, 11) is 0. The van der Waals surface area contributed by atoms with Crippen molar-refractivity contribution < 1.29 is 5.11 Å². The molecular formula is C16H25NO. The van der Waals surface area contributed by atoms with Crippen molar-refractivity contribution >= 4 is 5.69 Å². The summed E-state index contributed by atoms with van der Waals surface area (Å²) in [6.07, 6.45) is 1.69. The average Bonchev–Trinajstić information content (AvgIpc) is 2.39. The van der Waals surface area contributed by atoms with Crippen LogP contribution in [-0.2, 0) is 0 Å². The van der Waals surface area contributed by atoms with Crippen LogP contribution < -0.4 is 4.90 Å². The first kappa shape index (κ1) is 13.4. The Morgan fingerprint density at radius 1 is 1.06 bits per heavy atom. The Balaban J connectivity index is 2.03. The number of aliphatic hydroxyl groups excluding tert-OH is 1. The summed E-state index contributed by atoms with van der Waals surface area (Å²) < 4.78 is 0. The van der Waals surface area contributed by atoms with Crippen LogP contribution in [0, 0.1) is 5.92 Å². The SMILES string of the molecule is CC(C)C(C)c1ccc(N2CCC(O)CC2)cc1. The van der Waals surface area contributed by atoms with Crippen LogP contribution in [0.25, 0.3) is 0 Å². The van der Waals surface area contributed by atoms with Crippen LogP contribution in [0.2, 0.25) is 0 Å². The second-order valence-electron chi connectivity index (χ2n) is 5.84. The van der Waals surface area contributed by atoms with Gasteiger partial charge in [-0.3, -0.25) is 0 Å². The largest absolute Gasteiger partial charge is 0.393 e. The van der Waals surface area contributed by atoms with E-state index in [4.69, 9.17) is 0 Å². The lowest BCUT2D eigenvalue weighted by Crippen LogP contribution is -2.35. The Morgan fingerprint density at radius 2 is 1.61 bits per heavy atom. The quantitative estimate of drug-likeness (QED) is 0.885. The van der Waals surface area contributed by atoms with Crippen LogP contribution in [0.15, 0.2) is 24.3 Å². The summed E-state index contributed by atoms with van der Waals surface area (Å²) in [5, 5.41) is 9.53. The molecule has 0 aliphatic carbocycles. The molecule has 1 heterocycles. The smallest absolute Gasteiger partial charge is 0.0574 e. The molecule has 0 bridgehead atoms. The van der Waals surface area contributed by atoms with E-state index in [0.717, 1.165) is 25.9 Å². The molecule has 1 N–H and O–H groups in total. The van der Waals surface area contributed by atoms with Gasteiger partial charge in [0.1, 0.15) is 0 Å². The van der Waals surface area contributed by atoms with Gasteiger partial charge in [-0.05, 0) is 42.4 Å². The van der Waals surface area contributed by atoms with Crippen LogP contribution in [0.3, 0.4) is 0 Å². The topological polar surface area (TPSA) is 23.5 Å². The molecular weight excluding hydrogens is 222 g/mol. The summed E-state index contributed by atoms with van der Waals surface area (Å²) in [5.74, 6) is 1.29. The zero-order chi connectivity index (χ0) is 13.1. The molecule has 0 spiro atoms. The summed E-state index contributed by atoms with van der Waals surface area (Å²) in [6, 6.07) is 8.97. The van der Waals surface area contributed by atoms with Gasteiger partial charge in [0.2, 0.25) is 0 Å². The van der Waals surface area contributed by atoms with E-state index in [-0.39, 0.29) is 6.10 Å². The Morgan fingerprint density at radius 3 is 2.11 bits per heavy atom. The average molecular weight is 247 g/mol. The Kier molecular flexibility index (Phi) is 4.28. The van der Waals surface area contributed by atoms with Gasteiger partial charge in [-0.15, -0.1) is 0 Å². The van der Waals surface area contributed by atoms with Gasteiger partial charge in [0.15, 0.2) is 0 Å². The Labute approximate surface area is 111 Å². The molecule has 1 unspecified atom stereocenters. The summed E-state index contributed by atoms with van der Waals surface area (Å²) in [5.41, 5.74) is 2.72. The highest BCUT2D eigenvalue weighted by Crippen LogP contribution is 2.27. The predicted molar refractivity (Wildman–Crippen MR) is 77.1 cm³/mol. The highest BCUT2D eigenvalue weighted by Gasteiger charge is 2.17. The van der Waals surface area contributed by atoms with E-state index in [0.29, 0.717) is 11.8 Å². The highest BCUT2D eigenvalue weighted by molar-refractivity contribution is 5.48. The highest BCUT2D eigenvalue weighted by atomic mass is 16.3. The third-order valence-corrected chi connectivity index (χ3v) is 4.25.